The lowest BCUT2D eigenvalue weighted by Crippen LogP contribution is -2.17. The van der Waals surface area contributed by atoms with Crippen LogP contribution in [0.3, 0.4) is 0 Å². The smallest absolute Gasteiger partial charge is 0.307 e. The van der Waals surface area contributed by atoms with E-state index in [9.17, 15) is 4.79 Å². The van der Waals surface area contributed by atoms with Crippen molar-refractivity contribution in [1.29, 1.82) is 0 Å². The van der Waals surface area contributed by atoms with Gasteiger partial charge in [0.05, 0.1) is 6.42 Å². The summed E-state index contributed by atoms with van der Waals surface area (Å²) in [6, 6.07) is 0. The van der Waals surface area contributed by atoms with Gasteiger partial charge in [0, 0.05) is 0 Å². The average molecular weight is 226 g/mol. The summed E-state index contributed by atoms with van der Waals surface area (Å²) >= 11 is 0. The number of ether oxygens (including phenoxy) is 1. The van der Waals surface area contributed by atoms with Crippen LogP contribution in [0.15, 0.2) is 4.52 Å². The largest absolute Gasteiger partial charge is 0.453 e. The summed E-state index contributed by atoms with van der Waals surface area (Å²) in [5, 5.41) is 3.64. The standard InChI is InChI=1S/C11H18N2O3/c1-7(10-12-8(2)13-16-10)15-9(14)6-11(3,4)5/h7H,6H2,1-5H3. The normalized spacial score (nSPS) is 13.6. The van der Waals surface area contributed by atoms with Gasteiger partial charge >= 0.3 is 5.97 Å². The molecule has 1 unspecified atom stereocenters. The van der Waals surface area contributed by atoms with Gasteiger partial charge in [0.25, 0.3) is 5.89 Å². The Morgan fingerprint density at radius 3 is 2.56 bits per heavy atom. The quantitative estimate of drug-likeness (QED) is 0.740. The van der Waals surface area contributed by atoms with Crippen LogP contribution in [-0.4, -0.2) is 16.1 Å². The van der Waals surface area contributed by atoms with Gasteiger partial charge in [-0.2, -0.15) is 4.98 Å². The van der Waals surface area contributed by atoms with E-state index < -0.39 is 6.10 Å². The highest BCUT2D eigenvalue weighted by molar-refractivity contribution is 5.70. The molecule has 1 rings (SSSR count). The molecule has 0 fully saturated rings. The molecule has 0 amide bonds. The molecule has 1 aromatic rings. The van der Waals surface area contributed by atoms with E-state index in [4.69, 9.17) is 9.26 Å². The van der Waals surface area contributed by atoms with E-state index in [1.165, 1.54) is 0 Å². The van der Waals surface area contributed by atoms with Gasteiger partial charge in [-0.15, -0.1) is 0 Å². The molecule has 0 aliphatic carbocycles. The highest BCUT2D eigenvalue weighted by atomic mass is 16.6. The molecule has 5 nitrogen and oxygen atoms in total. The Morgan fingerprint density at radius 1 is 1.50 bits per heavy atom. The number of rotatable bonds is 3. The zero-order chi connectivity index (χ0) is 12.3. The first kappa shape index (κ1) is 12.7. The molecule has 5 heteroatoms. The number of carbonyl (C=O) groups is 1. The highest BCUT2D eigenvalue weighted by Crippen LogP contribution is 2.22. The second-order valence-corrected chi connectivity index (χ2v) is 5.05. The van der Waals surface area contributed by atoms with Crippen LogP contribution in [0.5, 0.6) is 0 Å². The fourth-order valence-electron chi connectivity index (χ4n) is 1.20. The third-order valence-electron chi connectivity index (χ3n) is 1.87. The molecule has 90 valence electrons. The van der Waals surface area contributed by atoms with E-state index in [1.807, 2.05) is 20.8 Å². The molecule has 1 atom stereocenters. The van der Waals surface area contributed by atoms with Gasteiger partial charge < -0.3 is 9.26 Å². The van der Waals surface area contributed by atoms with E-state index in [0.29, 0.717) is 18.1 Å². The lowest BCUT2D eigenvalue weighted by molar-refractivity contribution is -0.151. The fourth-order valence-corrected chi connectivity index (χ4v) is 1.20. The van der Waals surface area contributed by atoms with Crippen molar-refractivity contribution < 1.29 is 14.1 Å². The lowest BCUT2D eigenvalue weighted by atomic mass is 9.92. The molecule has 0 N–H and O–H groups in total. The summed E-state index contributed by atoms with van der Waals surface area (Å²) in [4.78, 5) is 15.5. The lowest BCUT2D eigenvalue weighted by Gasteiger charge is -2.17. The highest BCUT2D eigenvalue weighted by Gasteiger charge is 2.22. The summed E-state index contributed by atoms with van der Waals surface area (Å²) in [6.45, 7) is 9.38. The van der Waals surface area contributed by atoms with E-state index >= 15 is 0 Å². The van der Waals surface area contributed by atoms with Gasteiger partial charge in [-0.25, -0.2) is 0 Å². The van der Waals surface area contributed by atoms with Gasteiger partial charge in [-0.3, -0.25) is 4.79 Å². The Bertz CT molecular complexity index is 366. The number of carbonyl (C=O) groups excluding carboxylic acids is 1. The van der Waals surface area contributed by atoms with Crippen molar-refractivity contribution in [1.82, 2.24) is 10.1 Å². The van der Waals surface area contributed by atoms with Crippen LogP contribution in [0.2, 0.25) is 0 Å². The Hall–Kier alpha value is -1.39. The monoisotopic (exact) mass is 226 g/mol. The zero-order valence-corrected chi connectivity index (χ0v) is 10.4. The average Bonchev–Trinajstić information content (AvgIpc) is 2.47. The summed E-state index contributed by atoms with van der Waals surface area (Å²) in [6.07, 6.45) is -0.124. The molecule has 1 heterocycles. The Labute approximate surface area is 95.2 Å². The summed E-state index contributed by atoms with van der Waals surface area (Å²) in [5.41, 5.74) is -0.0818. The first-order valence-electron chi connectivity index (χ1n) is 5.27. The minimum Gasteiger partial charge on any atom is -0.453 e. The zero-order valence-electron chi connectivity index (χ0n) is 10.4. The van der Waals surface area contributed by atoms with Crippen molar-refractivity contribution in [2.45, 2.75) is 47.1 Å². The van der Waals surface area contributed by atoms with Gasteiger partial charge in [0.1, 0.15) is 0 Å². The molecule has 0 spiro atoms. The molecule has 0 radical (unpaired) electrons. The molecule has 0 aliphatic rings. The second kappa shape index (κ2) is 4.63. The number of nitrogens with zero attached hydrogens (tertiary/aromatic N) is 2. The molecule has 1 aromatic heterocycles. The fraction of sp³-hybridized carbons (Fsp3) is 0.727. The minimum atomic E-state index is -0.490. The SMILES string of the molecule is Cc1noc(C(C)OC(=O)CC(C)(C)C)n1. The van der Waals surface area contributed by atoms with Crippen molar-refractivity contribution >= 4 is 5.97 Å². The maximum atomic E-state index is 11.5. The topological polar surface area (TPSA) is 65.2 Å². The maximum Gasteiger partial charge on any atom is 0.307 e. The molecule has 0 bridgehead atoms. The predicted octanol–water partition coefficient (Wildman–Crippen LogP) is 2.42. The molecule has 0 aliphatic heterocycles. The van der Waals surface area contributed by atoms with Crippen LogP contribution in [0, 0.1) is 12.3 Å². The summed E-state index contributed by atoms with van der Waals surface area (Å²) in [7, 11) is 0. The predicted molar refractivity (Wildman–Crippen MR) is 57.6 cm³/mol. The number of aryl methyl sites for hydroxylation is 1. The minimum absolute atomic E-state index is 0.0818. The third kappa shape index (κ3) is 4.00. The number of hydrogen-bond donors (Lipinski definition) is 0. The Morgan fingerprint density at radius 2 is 2.12 bits per heavy atom. The van der Waals surface area contributed by atoms with Crippen molar-refractivity contribution in [2.75, 3.05) is 0 Å². The first-order chi connectivity index (χ1) is 7.28. The first-order valence-corrected chi connectivity index (χ1v) is 5.27. The van der Waals surface area contributed by atoms with Crippen molar-refractivity contribution in [3.63, 3.8) is 0 Å². The van der Waals surface area contributed by atoms with Crippen LogP contribution in [-0.2, 0) is 9.53 Å². The van der Waals surface area contributed by atoms with E-state index in [2.05, 4.69) is 10.1 Å². The molecule has 0 aromatic carbocycles. The van der Waals surface area contributed by atoms with Gasteiger partial charge in [-0.05, 0) is 19.3 Å². The van der Waals surface area contributed by atoms with Crippen LogP contribution in [0.4, 0.5) is 0 Å². The van der Waals surface area contributed by atoms with E-state index in [0.717, 1.165) is 0 Å². The van der Waals surface area contributed by atoms with Crippen LogP contribution >= 0.6 is 0 Å². The molecular formula is C11H18N2O3. The molecule has 0 saturated heterocycles. The summed E-state index contributed by atoms with van der Waals surface area (Å²) in [5.74, 6) is 0.615. The number of aromatic nitrogens is 2. The third-order valence-corrected chi connectivity index (χ3v) is 1.87. The molecular weight excluding hydrogens is 208 g/mol. The van der Waals surface area contributed by atoms with Gasteiger partial charge in [-0.1, -0.05) is 25.9 Å². The van der Waals surface area contributed by atoms with Crippen molar-refractivity contribution in [2.24, 2.45) is 5.41 Å². The van der Waals surface area contributed by atoms with E-state index in [-0.39, 0.29) is 11.4 Å². The number of hydrogen-bond acceptors (Lipinski definition) is 5. The molecule has 0 saturated carbocycles. The van der Waals surface area contributed by atoms with Crippen LogP contribution < -0.4 is 0 Å². The van der Waals surface area contributed by atoms with Crippen molar-refractivity contribution in [3.8, 4) is 0 Å². The van der Waals surface area contributed by atoms with Gasteiger partial charge in [0.2, 0.25) is 0 Å². The van der Waals surface area contributed by atoms with Crippen LogP contribution in [0.25, 0.3) is 0 Å². The maximum absolute atomic E-state index is 11.5. The second-order valence-electron chi connectivity index (χ2n) is 5.05. The number of esters is 1. The Kier molecular flexibility index (Phi) is 3.67. The van der Waals surface area contributed by atoms with E-state index in [1.54, 1.807) is 13.8 Å². The Balaban J connectivity index is 2.52. The summed E-state index contributed by atoms with van der Waals surface area (Å²) < 4.78 is 10.1. The van der Waals surface area contributed by atoms with Crippen LogP contribution in [0.1, 0.15) is 51.9 Å². The van der Waals surface area contributed by atoms with Gasteiger partial charge in [0.15, 0.2) is 11.9 Å². The molecule has 16 heavy (non-hydrogen) atoms. The van der Waals surface area contributed by atoms with Crippen molar-refractivity contribution in [3.05, 3.63) is 11.7 Å².